The molecule has 0 saturated carbocycles. The molecule has 1 heterocycles. The van der Waals surface area contributed by atoms with Gasteiger partial charge in [0.25, 0.3) is 5.89 Å². The molecule has 124 valence electrons. The van der Waals surface area contributed by atoms with Gasteiger partial charge in [0.05, 0.1) is 14.2 Å². The van der Waals surface area contributed by atoms with Crippen LogP contribution in [-0.2, 0) is 6.61 Å². The molecule has 0 unspecified atom stereocenters. The quantitative estimate of drug-likeness (QED) is 0.689. The van der Waals surface area contributed by atoms with E-state index in [4.69, 9.17) is 18.6 Å². The lowest BCUT2D eigenvalue weighted by Crippen LogP contribution is -1.95. The molecule has 0 radical (unpaired) electrons. The number of hydrogen-bond donors (Lipinski definition) is 0. The molecular formula is C18H18N2O4. The first-order valence-corrected chi connectivity index (χ1v) is 7.44. The number of nitrogens with zero attached hydrogens (tertiary/aromatic N) is 2. The molecule has 2 aromatic carbocycles. The minimum Gasteiger partial charge on any atom is -0.493 e. The second-order valence-corrected chi connectivity index (χ2v) is 5.17. The molecule has 0 aliphatic carbocycles. The summed E-state index contributed by atoms with van der Waals surface area (Å²) >= 11 is 0. The Labute approximate surface area is 140 Å². The third-order valence-corrected chi connectivity index (χ3v) is 3.48. The highest BCUT2D eigenvalue weighted by Gasteiger charge is 2.12. The predicted octanol–water partition coefficient (Wildman–Crippen LogP) is 3.64. The van der Waals surface area contributed by atoms with E-state index in [1.807, 2.05) is 37.3 Å². The van der Waals surface area contributed by atoms with Gasteiger partial charge in [-0.25, -0.2) is 0 Å². The Balaban J connectivity index is 1.72. The molecule has 1 aromatic heterocycles. The van der Waals surface area contributed by atoms with E-state index in [0.717, 1.165) is 11.3 Å². The summed E-state index contributed by atoms with van der Waals surface area (Å²) in [5, 5.41) is 8.06. The van der Waals surface area contributed by atoms with Crippen molar-refractivity contribution in [1.82, 2.24) is 10.2 Å². The molecule has 0 aliphatic heterocycles. The van der Waals surface area contributed by atoms with Crippen molar-refractivity contribution in [3.05, 3.63) is 53.9 Å². The Hall–Kier alpha value is -3.02. The average molecular weight is 326 g/mol. The zero-order valence-corrected chi connectivity index (χ0v) is 13.8. The van der Waals surface area contributed by atoms with Crippen LogP contribution in [0.3, 0.4) is 0 Å². The first-order valence-electron chi connectivity index (χ1n) is 7.44. The van der Waals surface area contributed by atoms with Crippen molar-refractivity contribution in [3.63, 3.8) is 0 Å². The van der Waals surface area contributed by atoms with Gasteiger partial charge in [0.2, 0.25) is 5.89 Å². The van der Waals surface area contributed by atoms with E-state index in [9.17, 15) is 0 Å². The number of methoxy groups -OCH3 is 2. The maximum Gasteiger partial charge on any atom is 0.254 e. The highest BCUT2D eigenvalue weighted by atomic mass is 16.5. The zero-order chi connectivity index (χ0) is 16.9. The maximum atomic E-state index is 5.64. The molecule has 0 saturated heterocycles. The van der Waals surface area contributed by atoms with Crippen LogP contribution in [0.25, 0.3) is 11.5 Å². The Morgan fingerprint density at radius 3 is 2.38 bits per heavy atom. The normalized spacial score (nSPS) is 10.5. The number of ether oxygens (including phenoxy) is 3. The first kappa shape index (κ1) is 15.9. The van der Waals surface area contributed by atoms with Crippen LogP contribution >= 0.6 is 0 Å². The fourth-order valence-electron chi connectivity index (χ4n) is 2.18. The largest absolute Gasteiger partial charge is 0.493 e. The molecule has 0 amide bonds. The van der Waals surface area contributed by atoms with Gasteiger partial charge in [-0.15, -0.1) is 10.2 Å². The summed E-state index contributed by atoms with van der Waals surface area (Å²) in [5.41, 5.74) is 1.93. The molecule has 24 heavy (non-hydrogen) atoms. The fourth-order valence-corrected chi connectivity index (χ4v) is 2.18. The Morgan fingerprint density at radius 1 is 0.917 bits per heavy atom. The molecule has 0 bridgehead atoms. The summed E-state index contributed by atoms with van der Waals surface area (Å²) in [6.45, 7) is 2.24. The molecule has 0 aliphatic rings. The van der Waals surface area contributed by atoms with Gasteiger partial charge >= 0.3 is 0 Å². The minimum absolute atomic E-state index is 0.212. The highest BCUT2D eigenvalue weighted by molar-refractivity contribution is 5.59. The van der Waals surface area contributed by atoms with Crippen molar-refractivity contribution in [2.45, 2.75) is 13.5 Å². The van der Waals surface area contributed by atoms with Crippen LogP contribution in [0.1, 0.15) is 11.5 Å². The number of aryl methyl sites for hydroxylation is 1. The van der Waals surface area contributed by atoms with Crippen LogP contribution in [0.4, 0.5) is 0 Å². The van der Waals surface area contributed by atoms with Gasteiger partial charge < -0.3 is 18.6 Å². The van der Waals surface area contributed by atoms with Gasteiger partial charge in [-0.05, 0) is 37.3 Å². The molecule has 0 spiro atoms. The van der Waals surface area contributed by atoms with Crippen LogP contribution in [-0.4, -0.2) is 24.4 Å². The molecule has 0 fully saturated rings. The SMILES string of the molecule is COc1ccc(-c2nnc(COc3ccc(C)cc3)o2)cc1OC. The molecule has 0 N–H and O–H groups in total. The van der Waals surface area contributed by atoms with Crippen molar-refractivity contribution in [1.29, 1.82) is 0 Å². The number of hydrogen-bond acceptors (Lipinski definition) is 6. The van der Waals surface area contributed by atoms with Crippen molar-refractivity contribution in [3.8, 4) is 28.7 Å². The van der Waals surface area contributed by atoms with E-state index in [-0.39, 0.29) is 6.61 Å². The van der Waals surface area contributed by atoms with Crippen LogP contribution in [0.15, 0.2) is 46.9 Å². The van der Waals surface area contributed by atoms with Crippen LogP contribution in [0.5, 0.6) is 17.2 Å². The van der Waals surface area contributed by atoms with Crippen LogP contribution < -0.4 is 14.2 Å². The van der Waals surface area contributed by atoms with Gasteiger partial charge in [0, 0.05) is 5.56 Å². The number of aromatic nitrogens is 2. The van der Waals surface area contributed by atoms with Crippen LogP contribution in [0, 0.1) is 6.92 Å². The summed E-state index contributed by atoms with van der Waals surface area (Å²) in [7, 11) is 3.17. The molecule has 3 aromatic rings. The maximum absolute atomic E-state index is 5.64. The topological polar surface area (TPSA) is 66.6 Å². The third-order valence-electron chi connectivity index (χ3n) is 3.48. The van der Waals surface area contributed by atoms with Crippen molar-refractivity contribution < 1.29 is 18.6 Å². The highest BCUT2D eigenvalue weighted by Crippen LogP contribution is 2.31. The Morgan fingerprint density at radius 2 is 1.67 bits per heavy atom. The van der Waals surface area contributed by atoms with E-state index in [1.165, 1.54) is 5.56 Å². The van der Waals surface area contributed by atoms with Gasteiger partial charge in [-0.3, -0.25) is 0 Å². The standard InChI is InChI=1S/C18H18N2O4/c1-12-4-7-14(8-5-12)23-11-17-19-20-18(24-17)13-6-9-15(21-2)16(10-13)22-3/h4-10H,11H2,1-3H3. The second kappa shape index (κ2) is 7.04. The lowest BCUT2D eigenvalue weighted by Gasteiger charge is -2.07. The van der Waals surface area contributed by atoms with E-state index < -0.39 is 0 Å². The van der Waals surface area contributed by atoms with Gasteiger partial charge in [0.15, 0.2) is 18.1 Å². The Bertz CT molecular complexity index is 812. The first-order chi connectivity index (χ1) is 11.7. The molecular weight excluding hydrogens is 308 g/mol. The minimum atomic E-state index is 0.212. The summed E-state index contributed by atoms with van der Waals surface area (Å²) in [6, 6.07) is 13.2. The molecule has 6 heteroatoms. The van der Waals surface area contributed by atoms with Gasteiger partial charge in [-0.2, -0.15) is 0 Å². The number of rotatable bonds is 6. The third kappa shape index (κ3) is 3.48. The average Bonchev–Trinajstić information content (AvgIpc) is 3.09. The Kier molecular flexibility index (Phi) is 4.65. The lowest BCUT2D eigenvalue weighted by atomic mass is 10.2. The van der Waals surface area contributed by atoms with Crippen molar-refractivity contribution in [2.24, 2.45) is 0 Å². The van der Waals surface area contributed by atoms with E-state index in [1.54, 1.807) is 26.4 Å². The van der Waals surface area contributed by atoms with Crippen LogP contribution in [0.2, 0.25) is 0 Å². The fraction of sp³-hybridized carbons (Fsp3) is 0.222. The monoisotopic (exact) mass is 326 g/mol. The summed E-state index contributed by atoms with van der Waals surface area (Å²) in [6.07, 6.45) is 0. The summed E-state index contributed by atoms with van der Waals surface area (Å²) in [5.74, 6) is 2.81. The van der Waals surface area contributed by atoms with Gasteiger partial charge in [0.1, 0.15) is 5.75 Å². The van der Waals surface area contributed by atoms with Gasteiger partial charge in [-0.1, -0.05) is 17.7 Å². The van der Waals surface area contributed by atoms with E-state index in [2.05, 4.69) is 10.2 Å². The molecule has 6 nitrogen and oxygen atoms in total. The zero-order valence-electron chi connectivity index (χ0n) is 13.8. The summed E-state index contributed by atoms with van der Waals surface area (Å²) < 4.78 is 21.8. The van der Waals surface area contributed by atoms with E-state index in [0.29, 0.717) is 23.3 Å². The number of benzene rings is 2. The predicted molar refractivity (Wildman–Crippen MR) is 88.3 cm³/mol. The van der Waals surface area contributed by atoms with Crippen molar-refractivity contribution in [2.75, 3.05) is 14.2 Å². The smallest absolute Gasteiger partial charge is 0.254 e. The lowest BCUT2D eigenvalue weighted by molar-refractivity contribution is 0.264. The molecule has 3 rings (SSSR count). The second-order valence-electron chi connectivity index (χ2n) is 5.17. The van der Waals surface area contributed by atoms with E-state index >= 15 is 0 Å². The van der Waals surface area contributed by atoms with Crippen molar-refractivity contribution >= 4 is 0 Å². The molecule has 0 atom stereocenters. The summed E-state index contributed by atoms with van der Waals surface area (Å²) in [4.78, 5) is 0.